The van der Waals surface area contributed by atoms with Gasteiger partial charge in [-0.2, -0.15) is 0 Å². The SMILES string of the molecule is CC[C@H](c1ccc(OC)cc1C)N1CCNCC1. The largest absolute Gasteiger partial charge is 0.497 e. The number of hydrogen-bond donors (Lipinski definition) is 1. The maximum atomic E-state index is 5.29. The van der Waals surface area contributed by atoms with Gasteiger partial charge in [-0.15, -0.1) is 0 Å². The maximum absolute atomic E-state index is 5.29. The smallest absolute Gasteiger partial charge is 0.119 e. The van der Waals surface area contributed by atoms with Crippen molar-refractivity contribution < 1.29 is 4.74 Å². The third kappa shape index (κ3) is 2.85. The van der Waals surface area contributed by atoms with Crippen LogP contribution >= 0.6 is 0 Å². The van der Waals surface area contributed by atoms with Gasteiger partial charge in [-0.05, 0) is 36.6 Å². The van der Waals surface area contributed by atoms with Crippen LogP contribution in [0.2, 0.25) is 0 Å². The number of hydrogen-bond acceptors (Lipinski definition) is 3. The minimum absolute atomic E-state index is 0.540. The van der Waals surface area contributed by atoms with Crippen molar-refractivity contribution >= 4 is 0 Å². The van der Waals surface area contributed by atoms with Crippen molar-refractivity contribution in [1.82, 2.24) is 10.2 Å². The van der Waals surface area contributed by atoms with Crippen LogP contribution in [-0.4, -0.2) is 38.2 Å². The zero-order valence-electron chi connectivity index (χ0n) is 11.7. The van der Waals surface area contributed by atoms with Crippen molar-refractivity contribution in [3.05, 3.63) is 29.3 Å². The zero-order valence-corrected chi connectivity index (χ0v) is 11.7. The van der Waals surface area contributed by atoms with E-state index in [4.69, 9.17) is 4.74 Å². The molecule has 0 saturated carbocycles. The molecule has 100 valence electrons. The molecule has 3 nitrogen and oxygen atoms in total. The van der Waals surface area contributed by atoms with E-state index in [1.165, 1.54) is 11.1 Å². The van der Waals surface area contributed by atoms with E-state index in [-0.39, 0.29) is 0 Å². The van der Waals surface area contributed by atoms with E-state index >= 15 is 0 Å². The molecule has 0 aromatic heterocycles. The molecule has 1 saturated heterocycles. The number of aryl methyl sites for hydroxylation is 1. The van der Waals surface area contributed by atoms with Crippen LogP contribution in [0.4, 0.5) is 0 Å². The number of ether oxygens (including phenoxy) is 1. The van der Waals surface area contributed by atoms with E-state index in [0.717, 1.165) is 38.3 Å². The molecule has 0 aliphatic carbocycles. The molecule has 1 aromatic rings. The quantitative estimate of drug-likeness (QED) is 0.885. The Labute approximate surface area is 110 Å². The summed E-state index contributed by atoms with van der Waals surface area (Å²) >= 11 is 0. The van der Waals surface area contributed by atoms with Crippen LogP contribution in [-0.2, 0) is 0 Å². The van der Waals surface area contributed by atoms with E-state index in [9.17, 15) is 0 Å². The van der Waals surface area contributed by atoms with Crippen molar-refractivity contribution in [3.8, 4) is 5.75 Å². The first kappa shape index (κ1) is 13.4. The molecule has 2 rings (SSSR count). The molecule has 18 heavy (non-hydrogen) atoms. The van der Waals surface area contributed by atoms with Crippen LogP contribution in [0, 0.1) is 6.92 Å². The molecule has 0 radical (unpaired) electrons. The van der Waals surface area contributed by atoms with Gasteiger partial charge in [0, 0.05) is 32.2 Å². The summed E-state index contributed by atoms with van der Waals surface area (Å²) < 4.78 is 5.29. The second-order valence-corrected chi connectivity index (χ2v) is 4.93. The lowest BCUT2D eigenvalue weighted by Crippen LogP contribution is -2.45. The highest BCUT2D eigenvalue weighted by atomic mass is 16.5. The molecule has 1 atom stereocenters. The Bertz CT molecular complexity index is 386. The standard InChI is InChI=1S/C15H24N2O/c1-4-15(17-9-7-16-8-10-17)14-6-5-13(18-3)11-12(14)2/h5-6,11,15-16H,4,7-10H2,1-3H3/t15-/m1/s1. The Morgan fingerprint density at radius 3 is 2.61 bits per heavy atom. The van der Waals surface area contributed by atoms with E-state index in [1.807, 2.05) is 0 Å². The summed E-state index contributed by atoms with van der Waals surface area (Å²) in [4.78, 5) is 2.59. The van der Waals surface area contributed by atoms with Crippen LogP contribution in [0.5, 0.6) is 5.75 Å². The number of rotatable bonds is 4. The lowest BCUT2D eigenvalue weighted by Gasteiger charge is -2.35. The second kappa shape index (κ2) is 6.21. The van der Waals surface area contributed by atoms with E-state index in [2.05, 4.69) is 42.3 Å². The number of piperazine rings is 1. The maximum Gasteiger partial charge on any atom is 0.119 e. The molecule has 3 heteroatoms. The molecule has 0 spiro atoms. The third-order valence-electron chi connectivity index (χ3n) is 3.82. The molecule has 1 aliphatic heterocycles. The second-order valence-electron chi connectivity index (χ2n) is 4.93. The van der Waals surface area contributed by atoms with Gasteiger partial charge in [-0.1, -0.05) is 13.0 Å². The average Bonchev–Trinajstić information content (AvgIpc) is 2.42. The first-order chi connectivity index (χ1) is 8.76. The summed E-state index contributed by atoms with van der Waals surface area (Å²) in [6.45, 7) is 8.95. The van der Waals surface area contributed by atoms with Crippen molar-refractivity contribution in [2.24, 2.45) is 0 Å². The van der Waals surface area contributed by atoms with Crippen LogP contribution < -0.4 is 10.1 Å². The lowest BCUT2D eigenvalue weighted by molar-refractivity contribution is 0.169. The van der Waals surface area contributed by atoms with E-state index in [0.29, 0.717) is 6.04 Å². The van der Waals surface area contributed by atoms with Gasteiger partial charge >= 0.3 is 0 Å². The normalized spacial score (nSPS) is 18.6. The van der Waals surface area contributed by atoms with Crippen molar-refractivity contribution in [3.63, 3.8) is 0 Å². The summed E-state index contributed by atoms with van der Waals surface area (Å²) in [5.74, 6) is 0.950. The van der Waals surface area contributed by atoms with E-state index in [1.54, 1.807) is 7.11 Å². The summed E-state index contributed by atoms with van der Waals surface area (Å²) in [5, 5.41) is 3.42. The third-order valence-corrected chi connectivity index (χ3v) is 3.82. The molecule has 1 aliphatic rings. The number of methoxy groups -OCH3 is 1. The molecular formula is C15H24N2O. The highest BCUT2D eigenvalue weighted by molar-refractivity contribution is 5.36. The molecule has 0 bridgehead atoms. The Hall–Kier alpha value is -1.06. The first-order valence-electron chi connectivity index (χ1n) is 6.85. The minimum Gasteiger partial charge on any atom is -0.497 e. The number of benzene rings is 1. The predicted molar refractivity (Wildman–Crippen MR) is 75.2 cm³/mol. The Morgan fingerprint density at radius 2 is 2.06 bits per heavy atom. The predicted octanol–water partition coefficient (Wildman–Crippen LogP) is 2.36. The summed E-state index contributed by atoms with van der Waals surface area (Å²) in [5.41, 5.74) is 2.78. The fraction of sp³-hybridized carbons (Fsp3) is 0.600. The van der Waals surface area contributed by atoms with Gasteiger partial charge in [-0.25, -0.2) is 0 Å². The molecule has 1 heterocycles. The molecule has 0 amide bonds. The van der Waals surface area contributed by atoms with Gasteiger partial charge in [0.05, 0.1) is 7.11 Å². The summed E-state index contributed by atoms with van der Waals surface area (Å²) in [6.07, 6.45) is 1.16. The van der Waals surface area contributed by atoms with Crippen molar-refractivity contribution in [2.75, 3.05) is 33.3 Å². The van der Waals surface area contributed by atoms with Gasteiger partial charge in [0.15, 0.2) is 0 Å². The Morgan fingerprint density at radius 1 is 1.33 bits per heavy atom. The van der Waals surface area contributed by atoms with Crippen LogP contribution in [0.3, 0.4) is 0 Å². The molecule has 1 fully saturated rings. The Kier molecular flexibility index (Phi) is 4.61. The van der Waals surface area contributed by atoms with Gasteiger partial charge < -0.3 is 10.1 Å². The molecule has 0 unspecified atom stereocenters. The van der Waals surface area contributed by atoms with Crippen LogP contribution in [0.15, 0.2) is 18.2 Å². The fourth-order valence-corrected chi connectivity index (χ4v) is 2.82. The van der Waals surface area contributed by atoms with Gasteiger partial charge in [0.25, 0.3) is 0 Å². The molecule has 1 N–H and O–H groups in total. The fourth-order valence-electron chi connectivity index (χ4n) is 2.82. The summed E-state index contributed by atoms with van der Waals surface area (Å²) in [6, 6.07) is 6.98. The van der Waals surface area contributed by atoms with E-state index < -0.39 is 0 Å². The number of nitrogens with zero attached hydrogens (tertiary/aromatic N) is 1. The lowest BCUT2D eigenvalue weighted by atomic mass is 9.97. The van der Waals surface area contributed by atoms with Crippen molar-refractivity contribution in [1.29, 1.82) is 0 Å². The highest BCUT2D eigenvalue weighted by Crippen LogP contribution is 2.29. The van der Waals surface area contributed by atoms with Crippen LogP contribution in [0.1, 0.15) is 30.5 Å². The minimum atomic E-state index is 0.540. The monoisotopic (exact) mass is 248 g/mol. The Balaban J connectivity index is 2.20. The number of nitrogens with one attached hydrogen (secondary N) is 1. The van der Waals surface area contributed by atoms with Gasteiger partial charge in [0.1, 0.15) is 5.75 Å². The van der Waals surface area contributed by atoms with Gasteiger partial charge in [-0.3, -0.25) is 4.90 Å². The topological polar surface area (TPSA) is 24.5 Å². The highest BCUT2D eigenvalue weighted by Gasteiger charge is 2.21. The molecule has 1 aromatic carbocycles. The van der Waals surface area contributed by atoms with Gasteiger partial charge in [0.2, 0.25) is 0 Å². The molecular weight excluding hydrogens is 224 g/mol. The van der Waals surface area contributed by atoms with Crippen molar-refractivity contribution in [2.45, 2.75) is 26.3 Å². The zero-order chi connectivity index (χ0) is 13.0. The first-order valence-corrected chi connectivity index (χ1v) is 6.85. The summed E-state index contributed by atoms with van der Waals surface area (Å²) in [7, 11) is 1.72. The average molecular weight is 248 g/mol. The van der Waals surface area contributed by atoms with Crippen LogP contribution in [0.25, 0.3) is 0 Å².